The molecule has 2 unspecified atom stereocenters. The molecule has 0 fully saturated rings. The molecule has 0 heterocycles. The summed E-state index contributed by atoms with van der Waals surface area (Å²) >= 11 is 0. The first-order chi connectivity index (χ1) is 6.34. The first-order valence-electron chi connectivity index (χ1n) is 4.53. The van der Waals surface area contributed by atoms with Crippen LogP contribution in [0.3, 0.4) is 0 Å². The highest BCUT2D eigenvalue weighted by Crippen LogP contribution is 1.95. The quantitative estimate of drug-likeness (QED) is 0.654. The normalized spacial score (nSPS) is 14.6. The maximum absolute atomic E-state index is 11.4. The minimum absolute atomic E-state index is 0.0189. The minimum Gasteiger partial charge on any atom is -0.481 e. The van der Waals surface area contributed by atoms with Crippen molar-refractivity contribution in [3.63, 3.8) is 0 Å². The molecular formula is C9H18N2O3. The molecule has 0 aliphatic carbocycles. The number of hydrogen-bond donors (Lipinski definition) is 2. The molecule has 1 amide bonds. The topological polar surface area (TPSA) is 69.6 Å². The number of amides is 1. The summed E-state index contributed by atoms with van der Waals surface area (Å²) in [5.41, 5.74) is 0. The number of carboxylic acids is 1. The Bertz CT molecular complexity index is 216. The van der Waals surface area contributed by atoms with Gasteiger partial charge >= 0.3 is 5.97 Å². The molecule has 0 saturated carbocycles. The van der Waals surface area contributed by atoms with E-state index in [2.05, 4.69) is 5.32 Å². The number of rotatable bonds is 5. The van der Waals surface area contributed by atoms with Crippen LogP contribution in [0, 0.1) is 0 Å². The first-order valence-corrected chi connectivity index (χ1v) is 4.53. The van der Waals surface area contributed by atoms with Crippen molar-refractivity contribution in [3.05, 3.63) is 0 Å². The molecule has 0 aliphatic rings. The average Bonchev–Trinajstić information content (AvgIpc) is 2.00. The Labute approximate surface area is 84.1 Å². The van der Waals surface area contributed by atoms with Crippen molar-refractivity contribution in [2.45, 2.75) is 32.4 Å². The van der Waals surface area contributed by atoms with Crippen molar-refractivity contribution >= 4 is 11.9 Å². The zero-order valence-electron chi connectivity index (χ0n) is 9.07. The zero-order chi connectivity index (χ0) is 11.3. The summed E-state index contributed by atoms with van der Waals surface area (Å²) in [6.45, 7) is 3.47. The second-order valence-electron chi connectivity index (χ2n) is 3.62. The molecule has 0 radical (unpaired) electrons. The number of nitrogens with zero attached hydrogens (tertiary/aromatic N) is 1. The summed E-state index contributed by atoms with van der Waals surface area (Å²) in [7, 11) is 3.34. The van der Waals surface area contributed by atoms with E-state index in [1.54, 1.807) is 27.9 Å². The number of nitrogens with one attached hydrogen (secondary N) is 1. The van der Waals surface area contributed by atoms with E-state index in [1.807, 2.05) is 0 Å². The van der Waals surface area contributed by atoms with Gasteiger partial charge in [0.25, 0.3) is 0 Å². The van der Waals surface area contributed by atoms with Gasteiger partial charge in [-0.3, -0.25) is 9.59 Å². The lowest BCUT2D eigenvalue weighted by Gasteiger charge is -2.21. The standard InChI is InChI=1S/C9H18N2O3/c1-6(5-8(12)13)10-7(2)9(14)11(3)4/h6-7,10H,5H2,1-4H3,(H,12,13). The van der Waals surface area contributed by atoms with Gasteiger partial charge in [0, 0.05) is 20.1 Å². The lowest BCUT2D eigenvalue weighted by molar-refractivity contribution is -0.138. The van der Waals surface area contributed by atoms with Crippen LogP contribution in [-0.2, 0) is 9.59 Å². The Morgan fingerprint density at radius 1 is 1.36 bits per heavy atom. The first kappa shape index (κ1) is 12.9. The fourth-order valence-electron chi connectivity index (χ4n) is 1.21. The van der Waals surface area contributed by atoms with Gasteiger partial charge in [0.15, 0.2) is 0 Å². The fourth-order valence-corrected chi connectivity index (χ4v) is 1.21. The summed E-state index contributed by atoms with van der Waals surface area (Å²) in [4.78, 5) is 23.2. The molecule has 0 saturated heterocycles. The van der Waals surface area contributed by atoms with Crippen LogP contribution in [-0.4, -0.2) is 48.1 Å². The van der Waals surface area contributed by atoms with E-state index in [0.717, 1.165) is 0 Å². The van der Waals surface area contributed by atoms with Gasteiger partial charge in [-0.2, -0.15) is 0 Å². The maximum atomic E-state index is 11.4. The van der Waals surface area contributed by atoms with Crippen molar-refractivity contribution in [2.75, 3.05) is 14.1 Å². The fraction of sp³-hybridized carbons (Fsp3) is 0.778. The number of carbonyl (C=O) groups is 2. The number of hydrogen-bond acceptors (Lipinski definition) is 3. The largest absolute Gasteiger partial charge is 0.481 e. The predicted molar refractivity (Wildman–Crippen MR) is 53.0 cm³/mol. The summed E-state index contributed by atoms with van der Waals surface area (Å²) in [6.07, 6.45) is 0.0189. The third-order valence-electron chi connectivity index (χ3n) is 1.83. The van der Waals surface area contributed by atoms with E-state index in [0.29, 0.717) is 0 Å². The SMILES string of the molecule is CC(CC(=O)O)NC(C)C(=O)N(C)C. The van der Waals surface area contributed by atoms with Crippen molar-refractivity contribution in [1.82, 2.24) is 10.2 Å². The average molecular weight is 202 g/mol. The van der Waals surface area contributed by atoms with Gasteiger partial charge < -0.3 is 15.3 Å². The molecule has 2 atom stereocenters. The van der Waals surface area contributed by atoms with E-state index in [9.17, 15) is 9.59 Å². The number of likely N-dealkylation sites (N-methyl/N-ethyl adjacent to an activating group) is 1. The molecule has 0 aromatic carbocycles. The number of aliphatic carboxylic acids is 1. The zero-order valence-corrected chi connectivity index (χ0v) is 9.07. The highest BCUT2D eigenvalue weighted by Gasteiger charge is 2.17. The van der Waals surface area contributed by atoms with E-state index >= 15 is 0 Å². The van der Waals surface area contributed by atoms with Crippen LogP contribution >= 0.6 is 0 Å². The van der Waals surface area contributed by atoms with Crippen LogP contribution in [0.15, 0.2) is 0 Å². The Balaban J connectivity index is 3.99. The Hall–Kier alpha value is -1.10. The molecule has 82 valence electrons. The number of carboxylic acid groups (broad SMARTS) is 1. The Morgan fingerprint density at radius 2 is 1.86 bits per heavy atom. The molecule has 5 heteroatoms. The van der Waals surface area contributed by atoms with Gasteiger partial charge in [0.05, 0.1) is 12.5 Å². The lowest BCUT2D eigenvalue weighted by Crippen LogP contribution is -2.45. The molecule has 2 N–H and O–H groups in total. The second kappa shape index (κ2) is 5.59. The van der Waals surface area contributed by atoms with Crippen LogP contribution in [0.5, 0.6) is 0 Å². The monoisotopic (exact) mass is 202 g/mol. The van der Waals surface area contributed by atoms with Crippen LogP contribution < -0.4 is 5.32 Å². The lowest BCUT2D eigenvalue weighted by atomic mass is 10.2. The molecule has 0 aromatic rings. The van der Waals surface area contributed by atoms with E-state index < -0.39 is 5.97 Å². The van der Waals surface area contributed by atoms with E-state index in [4.69, 9.17) is 5.11 Å². The van der Waals surface area contributed by atoms with Crippen molar-refractivity contribution in [3.8, 4) is 0 Å². The van der Waals surface area contributed by atoms with Gasteiger partial charge in [-0.1, -0.05) is 0 Å². The smallest absolute Gasteiger partial charge is 0.304 e. The molecule has 0 aliphatic heterocycles. The van der Waals surface area contributed by atoms with Crippen LogP contribution in [0.1, 0.15) is 20.3 Å². The molecule has 14 heavy (non-hydrogen) atoms. The van der Waals surface area contributed by atoms with E-state index in [-0.39, 0.29) is 24.4 Å². The van der Waals surface area contributed by atoms with Crippen LogP contribution in [0.2, 0.25) is 0 Å². The van der Waals surface area contributed by atoms with Crippen LogP contribution in [0.4, 0.5) is 0 Å². The molecule has 0 rings (SSSR count). The van der Waals surface area contributed by atoms with Crippen molar-refractivity contribution in [1.29, 1.82) is 0 Å². The summed E-state index contributed by atoms with van der Waals surface area (Å²) < 4.78 is 0. The summed E-state index contributed by atoms with van der Waals surface area (Å²) in [5.74, 6) is -0.920. The highest BCUT2D eigenvalue weighted by atomic mass is 16.4. The number of carbonyl (C=O) groups excluding carboxylic acids is 1. The van der Waals surface area contributed by atoms with Crippen molar-refractivity contribution < 1.29 is 14.7 Å². The summed E-state index contributed by atoms with van der Waals surface area (Å²) in [5, 5.41) is 11.4. The van der Waals surface area contributed by atoms with Crippen LogP contribution in [0.25, 0.3) is 0 Å². The maximum Gasteiger partial charge on any atom is 0.304 e. The molecule has 5 nitrogen and oxygen atoms in total. The molecule has 0 spiro atoms. The minimum atomic E-state index is -0.866. The third-order valence-corrected chi connectivity index (χ3v) is 1.83. The second-order valence-corrected chi connectivity index (χ2v) is 3.62. The third kappa shape index (κ3) is 4.81. The summed E-state index contributed by atoms with van der Waals surface area (Å²) in [6, 6.07) is -0.550. The molecule has 0 bridgehead atoms. The van der Waals surface area contributed by atoms with Gasteiger partial charge in [0.2, 0.25) is 5.91 Å². The van der Waals surface area contributed by atoms with E-state index in [1.165, 1.54) is 4.90 Å². The molecular weight excluding hydrogens is 184 g/mol. The molecule has 0 aromatic heterocycles. The Morgan fingerprint density at radius 3 is 2.21 bits per heavy atom. The highest BCUT2D eigenvalue weighted by molar-refractivity contribution is 5.81. The van der Waals surface area contributed by atoms with Gasteiger partial charge in [-0.25, -0.2) is 0 Å². The van der Waals surface area contributed by atoms with Gasteiger partial charge in [-0.05, 0) is 13.8 Å². The van der Waals surface area contributed by atoms with Gasteiger partial charge in [0.1, 0.15) is 0 Å². The predicted octanol–water partition coefficient (Wildman–Crippen LogP) is -0.0841. The Kier molecular flexibility index (Phi) is 5.15. The van der Waals surface area contributed by atoms with Gasteiger partial charge in [-0.15, -0.1) is 0 Å². The van der Waals surface area contributed by atoms with Crippen molar-refractivity contribution in [2.24, 2.45) is 0 Å².